The van der Waals surface area contributed by atoms with Crippen molar-refractivity contribution in [2.75, 3.05) is 0 Å². The second-order valence-electron chi connectivity index (χ2n) is 5.76. The van der Waals surface area contributed by atoms with E-state index in [0.717, 1.165) is 23.3 Å². The van der Waals surface area contributed by atoms with Crippen LogP contribution in [0.15, 0.2) is 48.8 Å². The van der Waals surface area contributed by atoms with Crippen LogP contribution in [0.5, 0.6) is 5.75 Å². The average molecular weight is 312 g/mol. The van der Waals surface area contributed by atoms with Crippen molar-refractivity contribution in [3.05, 3.63) is 59.9 Å². The van der Waals surface area contributed by atoms with Crippen LogP contribution in [0.25, 0.3) is 0 Å². The molecule has 2 rings (SSSR count). The van der Waals surface area contributed by atoms with Crippen molar-refractivity contribution in [3.8, 4) is 5.75 Å². The van der Waals surface area contributed by atoms with Crippen molar-refractivity contribution in [1.82, 2.24) is 10.3 Å². The molecule has 0 spiro atoms. The van der Waals surface area contributed by atoms with Gasteiger partial charge in [0.25, 0.3) is 0 Å². The summed E-state index contributed by atoms with van der Waals surface area (Å²) < 4.78 is 5.74. The van der Waals surface area contributed by atoms with Crippen LogP contribution in [0.2, 0.25) is 0 Å². The van der Waals surface area contributed by atoms with Crippen molar-refractivity contribution in [2.24, 2.45) is 5.92 Å². The van der Waals surface area contributed by atoms with Crippen molar-refractivity contribution in [2.45, 2.75) is 39.8 Å². The number of aromatic nitrogens is 1. The number of hydrogen-bond donors (Lipinski definition) is 1. The fourth-order valence-corrected chi connectivity index (χ4v) is 2.13. The molecule has 0 bridgehead atoms. The van der Waals surface area contributed by atoms with Crippen molar-refractivity contribution < 1.29 is 9.53 Å². The van der Waals surface area contributed by atoms with Crippen molar-refractivity contribution in [1.29, 1.82) is 0 Å². The lowest BCUT2D eigenvalue weighted by molar-refractivity contribution is -0.125. The lowest BCUT2D eigenvalue weighted by atomic mass is 10.1. The third-order valence-corrected chi connectivity index (χ3v) is 3.93. The number of carbonyl (C=O) groups is 1. The molecule has 0 aliphatic carbocycles. The summed E-state index contributed by atoms with van der Waals surface area (Å²) in [5.41, 5.74) is 2.10. The standard InChI is InChI=1S/C19H24N2O2/c1-4-14(2)19(22)21-15(3)17-7-9-18(10-8-17)23-13-16-6-5-11-20-12-16/h5-12,14-15H,4,13H2,1-3H3,(H,21,22)/t14-,15-/m0/s1. The zero-order chi connectivity index (χ0) is 16.7. The number of pyridine rings is 1. The minimum Gasteiger partial charge on any atom is -0.489 e. The number of hydrogen-bond acceptors (Lipinski definition) is 3. The minimum absolute atomic E-state index is 0.0103. The zero-order valence-corrected chi connectivity index (χ0v) is 14.0. The summed E-state index contributed by atoms with van der Waals surface area (Å²) >= 11 is 0. The maximum absolute atomic E-state index is 11.9. The van der Waals surface area contributed by atoms with Crippen LogP contribution in [0.4, 0.5) is 0 Å². The van der Waals surface area contributed by atoms with E-state index in [1.807, 2.05) is 57.2 Å². The van der Waals surface area contributed by atoms with Gasteiger partial charge < -0.3 is 10.1 Å². The first-order valence-electron chi connectivity index (χ1n) is 8.02. The summed E-state index contributed by atoms with van der Waals surface area (Å²) in [6, 6.07) is 11.7. The molecule has 4 nitrogen and oxygen atoms in total. The minimum atomic E-state index is -0.0103. The van der Waals surface area contributed by atoms with Crippen molar-refractivity contribution >= 4 is 5.91 Å². The molecule has 2 aromatic rings. The van der Waals surface area contributed by atoms with E-state index in [4.69, 9.17) is 4.74 Å². The number of nitrogens with zero attached hydrogens (tertiary/aromatic N) is 1. The Bertz CT molecular complexity index is 611. The van der Waals surface area contributed by atoms with Crippen LogP contribution < -0.4 is 10.1 Å². The van der Waals surface area contributed by atoms with Gasteiger partial charge in [-0.05, 0) is 37.1 Å². The topological polar surface area (TPSA) is 51.2 Å². The predicted octanol–water partition coefficient (Wildman–Crippen LogP) is 3.88. The molecule has 0 fully saturated rings. The monoisotopic (exact) mass is 312 g/mol. The van der Waals surface area contributed by atoms with E-state index in [1.165, 1.54) is 0 Å². The molecule has 0 radical (unpaired) electrons. The lowest BCUT2D eigenvalue weighted by Gasteiger charge is -2.17. The van der Waals surface area contributed by atoms with Gasteiger partial charge in [0.05, 0.1) is 6.04 Å². The Balaban J connectivity index is 1.90. The Kier molecular flexibility index (Phi) is 6.15. The first-order valence-corrected chi connectivity index (χ1v) is 8.02. The molecule has 23 heavy (non-hydrogen) atoms. The molecule has 1 aromatic carbocycles. The quantitative estimate of drug-likeness (QED) is 0.844. The molecule has 0 saturated carbocycles. The number of carbonyl (C=O) groups excluding carboxylic acids is 1. The Hall–Kier alpha value is -2.36. The van der Waals surface area contributed by atoms with Crippen LogP contribution in [0.3, 0.4) is 0 Å². The predicted molar refractivity (Wildman–Crippen MR) is 91.0 cm³/mol. The second kappa shape index (κ2) is 8.32. The normalized spacial score (nSPS) is 13.2. The van der Waals surface area contributed by atoms with Gasteiger partial charge >= 0.3 is 0 Å². The van der Waals surface area contributed by atoms with Gasteiger partial charge in [0.2, 0.25) is 5.91 Å². The fraction of sp³-hybridized carbons (Fsp3) is 0.368. The number of ether oxygens (including phenoxy) is 1. The van der Waals surface area contributed by atoms with E-state index in [9.17, 15) is 4.79 Å². The lowest BCUT2D eigenvalue weighted by Crippen LogP contribution is -2.31. The third kappa shape index (κ3) is 5.09. The van der Waals surface area contributed by atoms with E-state index < -0.39 is 0 Å². The summed E-state index contributed by atoms with van der Waals surface area (Å²) in [7, 11) is 0. The zero-order valence-electron chi connectivity index (χ0n) is 14.0. The maximum Gasteiger partial charge on any atom is 0.223 e. The molecular weight excluding hydrogens is 288 g/mol. The summed E-state index contributed by atoms with van der Waals surface area (Å²) in [6.45, 7) is 6.44. The highest BCUT2D eigenvalue weighted by Gasteiger charge is 2.14. The Morgan fingerprint density at radius 2 is 1.96 bits per heavy atom. The van der Waals surface area contributed by atoms with Gasteiger partial charge in [-0.2, -0.15) is 0 Å². The molecule has 122 valence electrons. The summed E-state index contributed by atoms with van der Waals surface area (Å²) in [4.78, 5) is 16.0. The molecular formula is C19H24N2O2. The van der Waals surface area contributed by atoms with Gasteiger partial charge in [-0.3, -0.25) is 9.78 Å². The number of benzene rings is 1. The highest BCUT2D eigenvalue weighted by Crippen LogP contribution is 2.19. The SMILES string of the molecule is CC[C@H](C)C(=O)N[C@@H](C)c1ccc(OCc2cccnc2)cc1. The molecule has 2 atom stereocenters. The average Bonchev–Trinajstić information content (AvgIpc) is 2.60. The van der Waals surface area contributed by atoms with Gasteiger partial charge in [0.1, 0.15) is 12.4 Å². The third-order valence-electron chi connectivity index (χ3n) is 3.93. The molecule has 4 heteroatoms. The number of nitrogens with one attached hydrogen (secondary N) is 1. The van der Waals surface area contributed by atoms with Gasteiger partial charge in [-0.25, -0.2) is 0 Å². The highest BCUT2D eigenvalue weighted by atomic mass is 16.5. The molecule has 1 amide bonds. The van der Waals surface area contributed by atoms with Gasteiger partial charge in [0.15, 0.2) is 0 Å². The van der Waals surface area contributed by atoms with Crippen LogP contribution in [0.1, 0.15) is 44.4 Å². The highest BCUT2D eigenvalue weighted by molar-refractivity contribution is 5.78. The molecule has 0 saturated heterocycles. The van der Waals surface area contributed by atoms with E-state index in [0.29, 0.717) is 6.61 Å². The summed E-state index contributed by atoms with van der Waals surface area (Å²) in [5.74, 6) is 0.939. The summed E-state index contributed by atoms with van der Waals surface area (Å²) in [5, 5.41) is 3.04. The summed E-state index contributed by atoms with van der Waals surface area (Å²) in [6.07, 6.45) is 4.38. The molecule has 0 aliphatic heterocycles. The van der Waals surface area contributed by atoms with Crippen LogP contribution in [0, 0.1) is 5.92 Å². The number of amides is 1. The fourth-order valence-electron chi connectivity index (χ4n) is 2.13. The molecule has 1 aromatic heterocycles. The van der Waals surface area contributed by atoms with Gasteiger partial charge in [-0.15, -0.1) is 0 Å². The van der Waals surface area contributed by atoms with E-state index in [2.05, 4.69) is 10.3 Å². The first-order chi connectivity index (χ1) is 11.1. The Morgan fingerprint density at radius 1 is 1.22 bits per heavy atom. The Morgan fingerprint density at radius 3 is 2.57 bits per heavy atom. The van der Waals surface area contributed by atoms with E-state index in [-0.39, 0.29) is 17.9 Å². The van der Waals surface area contributed by atoms with Crippen LogP contribution in [-0.4, -0.2) is 10.9 Å². The van der Waals surface area contributed by atoms with Gasteiger partial charge in [-0.1, -0.05) is 32.0 Å². The largest absolute Gasteiger partial charge is 0.489 e. The number of rotatable bonds is 7. The van der Waals surface area contributed by atoms with Gasteiger partial charge in [0, 0.05) is 23.9 Å². The van der Waals surface area contributed by atoms with Crippen molar-refractivity contribution in [3.63, 3.8) is 0 Å². The Labute approximate surface area is 137 Å². The molecule has 0 unspecified atom stereocenters. The molecule has 0 aliphatic rings. The smallest absolute Gasteiger partial charge is 0.223 e. The van der Waals surface area contributed by atoms with Crippen LogP contribution in [-0.2, 0) is 11.4 Å². The van der Waals surface area contributed by atoms with Crippen LogP contribution >= 0.6 is 0 Å². The second-order valence-corrected chi connectivity index (χ2v) is 5.76. The molecule has 1 heterocycles. The molecule has 1 N–H and O–H groups in total. The first kappa shape index (κ1) is 17.0. The van der Waals surface area contributed by atoms with E-state index >= 15 is 0 Å². The maximum atomic E-state index is 11.9. The van der Waals surface area contributed by atoms with E-state index in [1.54, 1.807) is 12.4 Å².